The van der Waals surface area contributed by atoms with Crippen LogP contribution in [-0.4, -0.2) is 86.1 Å². The Hall–Kier alpha value is -3.89. The minimum atomic E-state index is -4.45. The molecule has 0 aromatic carbocycles. The van der Waals surface area contributed by atoms with Crippen LogP contribution >= 0.6 is 0 Å². The van der Waals surface area contributed by atoms with E-state index in [0.29, 0.717) is 55.7 Å². The molecule has 0 radical (unpaired) electrons. The van der Waals surface area contributed by atoms with Crippen molar-refractivity contribution in [1.29, 1.82) is 0 Å². The number of hydrogen-bond donors (Lipinski definition) is 2. The van der Waals surface area contributed by atoms with Crippen LogP contribution < -0.4 is 15.5 Å². The van der Waals surface area contributed by atoms with E-state index in [1.165, 1.54) is 15.4 Å². The maximum absolute atomic E-state index is 14.1. The summed E-state index contributed by atoms with van der Waals surface area (Å²) in [5, 5.41) is 14.2. The Labute approximate surface area is 261 Å². The Balaban J connectivity index is 1.35. The summed E-state index contributed by atoms with van der Waals surface area (Å²) in [5.41, 5.74) is 1.00. The van der Waals surface area contributed by atoms with E-state index in [1.807, 2.05) is 11.8 Å². The summed E-state index contributed by atoms with van der Waals surface area (Å²) in [7, 11) is 0. The summed E-state index contributed by atoms with van der Waals surface area (Å²) in [4.78, 5) is 37.4. The van der Waals surface area contributed by atoms with Gasteiger partial charge < -0.3 is 20.3 Å². The van der Waals surface area contributed by atoms with Gasteiger partial charge in [0.15, 0.2) is 5.82 Å². The largest absolute Gasteiger partial charge is 0.393 e. The first-order chi connectivity index (χ1) is 21.9. The van der Waals surface area contributed by atoms with E-state index >= 15 is 0 Å². The molecule has 0 spiro atoms. The lowest BCUT2D eigenvalue weighted by atomic mass is 9.81. The summed E-state index contributed by atoms with van der Waals surface area (Å²) >= 11 is 0. The Kier molecular flexibility index (Phi) is 8.87. The molecule has 2 N–H and O–H groups in total. The molecule has 3 aliphatic rings. The summed E-state index contributed by atoms with van der Waals surface area (Å²) in [6, 6.07) is 0.822. The van der Waals surface area contributed by atoms with Gasteiger partial charge in [-0.25, -0.2) is 18.3 Å². The normalized spacial score (nSPS) is 23.3. The lowest BCUT2D eigenvalue weighted by Gasteiger charge is -2.33. The fourth-order valence-electron chi connectivity index (χ4n) is 6.56. The van der Waals surface area contributed by atoms with Crippen molar-refractivity contribution in [2.45, 2.75) is 70.1 Å². The maximum atomic E-state index is 14.1. The van der Waals surface area contributed by atoms with Crippen LogP contribution in [0.3, 0.4) is 0 Å². The van der Waals surface area contributed by atoms with Gasteiger partial charge in [0.2, 0.25) is 11.8 Å². The van der Waals surface area contributed by atoms with Crippen molar-refractivity contribution in [2.75, 3.05) is 37.7 Å². The Bertz CT molecular complexity index is 1560. The highest BCUT2D eigenvalue weighted by Crippen LogP contribution is 2.41. The molecule has 3 aromatic rings. The van der Waals surface area contributed by atoms with E-state index in [4.69, 9.17) is 14.8 Å². The minimum absolute atomic E-state index is 0.0829. The molecule has 2 aliphatic heterocycles. The highest BCUT2D eigenvalue weighted by molar-refractivity contribution is 5.92. The number of halogens is 5. The van der Waals surface area contributed by atoms with Crippen molar-refractivity contribution in [3.8, 4) is 0 Å². The van der Waals surface area contributed by atoms with Crippen LogP contribution in [0, 0.1) is 17.8 Å². The fraction of sp³-hybridized carbons (Fsp3) is 0.655. The Morgan fingerprint density at radius 3 is 2.63 bits per heavy atom. The molecule has 250 valence electrons. The van der Waals surface area contributed by atoms with Gasteiger partial charge in [0, 0.05) is 57.6 Å². The molecule has 46 heavy (non-hydrogen) atoms. The predicted molar refractivity (Wildman–Crippen MR) is 153 cm³/mol. The number of anilines is 1. The first kappa shape index (κ1) is 32.1. The number of morpholine rings is 1. The zero-order valence-corrected chi connectivity index (χ0v) is 25.3. The summed E-state index contributed by atoms with van der Waals surface area (Å²) < 4.78 is 77.3. The van der Waals surface area contributed by atoms with Crippen LogP contribution in [0.15, 0.2) is 18.5 Å². The van der Waals surface area contributed by atoms with Crippen LogP contribution in [0.2, 0.25) is 0 Å². The Morgan fingerprint density at radius 1 is 1.20 bits per heavy atom. The average Bonchev–Trinajstić information content (AvgIpc) is 3.67. The number of imidazole rings is 1. The monoisotopic (exact) mass is 653 g/mol. The fourth-order valence-corrected chi connectivity index (χ4v) is 6.56. The van der Waals surface area contributed by atoms with E-state index in [0.717, 1.165) is 0 Å². The predicted octanol–water partition coefficient (Wildman–Crippen LogP) is 3.33. The average molecular weight is 654 g/mol. The number of carbonyl (C=O) groups is 2. The van der Waals surface area contributed by atoms with E-state index in [9.17, 15) is 31.5 Å². The van der Waals surface area contributed by atoms with Gasteiger partial charge in [-0.15, -0.1) is 0 Å². The van der Waals surface area contributed by atoms with Crippen molar-refractivity contribution in [3.63, 3.8) is 0 Å². The molecule has 1 aliphatic carbocycles. The number of aryl methyl sites for hydroxylation is 1. The number of nitrogens with one attached hydrogen (secondary N) is 2. The standard InChI is InChI=1S/C29H36F5N9O3/c1-2-42-22(5-8-36-42)26(45)38-23(17-3-6-28(30,31)7-4-17)21-16-43-27(37-21)39-24(41-9-11-46-12-10-41)20(40-43)14-18-13-19(29(32,33)34)15-35-25(18)44/h5,8,16-19,23H,2-4,6-7,9-15H2,1H3,(H,35,44)(H,38,45)/t18?,19-,23-/m0/s1. The van der Waals surface area contributed by atoms with E-state index in [-0.39, 0.29) is 50.2 Å². The molecule has 3 fully saturated rings. The molecule has 3 atom stereocenters. The minimum Gasteiger partial charge on any atom is -0.378 e. The second-order valence-corrected chi connectivity index (χ2v) is 12.2. The van der Waals surface area contributed by atoms with Gasteiger partial charge >= 0.3 is 6.18 Å². The highest BCUT2D eigenvalue weighted by Gasteiger charge is 2.45. The molecular weight excluding hydrogens is 617 g/mol. The van der Waals surface area contributed by atoms with Crippen LogP contribution in [0.25, 0.3) is 5.78 Å². The van der Waals surface area contributed by atoms with Gasteiger partial charge in [0.25, 0.3) is 11.7 Å². The van der Waals surface area contributed by atoms with Gasteiger partial charge in [0.05, 0.1) is 37.1 Å². The molecule has 3 aromatic heterocycles. The van der Waals surface area contributed by atoms with E-state index in [2.05, 4.69) is 20.7 Å². The number of fused-ring (bicyclic) bond motifs is 1. The topological polar surface area (TPSA) is 132 Å². The van der Waals surface area contributed by atoms with Gasteiger partial charge in [-0.1, -0.05) is 0 Å². The van der Waals surface area contributed by atoms with Crippen LogP contribution in [-0.2, 0) is 22.5 Å². The molecule has 6 rings (SSSR count). The second-order valence-electron chi connectivity index (χ2n) is 12.2. The zero-order valence-electron chi connectivity index (χ0n) is 25.3. The Morgan fingerprint density at radius 2 is 1.93 bits per heavy atom. The number of nitrogens with zero attached hydrogens (tertiary/aromatic N) is 7. The quantitative estimate of drug-likeness (QED) is 0.354. The smallest absolute Gasteiger partial charge is 0.378 e. The molecule has 5 heterocycles. The van der Waals surface area contributed by atoms with Crippen LogP contribution in [0.5, 0.6) is 0 Å². The molecular formula is C29H36F5N9O3. The van der Waals surface area contributed by atoms with Crippen molar-refractivity contribution >= 4 is 23.4 Å². The molecule has 0 bridgehead atoms. The number of amides is 2. The van der Waals surface area contributed by atoms with Crippen molar-refractivity contribution in [3.05, 3.63) is 35.5 Å². The van der Waals surface area contributed by atoms with E-state index in [1.54, 1.807) is 12.3 Å². The first-order valence-corrected chi connectivity index (χ1v) is 15.6. The van der Waals surface area contributed by atoms with Gasteiger partial charge in [0.1, 0.15) is 11.4 Å². The second kappa shape index (κ2) is 12.7. The number of piperidine rings is 1. The molecule has 12 nitrogen and oxygen atoms in total. The number of carbonyl (C=O) groups excluding carboxylic acids is 2. The lowest BCUT2D eigenvalue weighted by Crippen LogP contribution is -2.47. The molecule has 2 saturated heterocycles. The maximum Gasteiger partial charge on any atom is 0.393 e. The SMILES string of the molecule is CCn1nccc1C(=O)N[C@H](c1cn2nc(CC3C[C@H](C(F)(F)F)CNC3=O)c(N3CCOCC3)nc2n1)C1CCC(F)(F)CC1. The number of ether oxygens (including phenoxy) is 1. The van der Waals surface area contributed by atoms with Crippen molar-refractivity contribution < 1.29 is 36.3 Å². The molecule has 17 heteroatoms. The van der Waals surface area contributed by atoms with Crippen molar-refractivity contribution in [1.82, 2.24) is 40.0 Å². The van der Waals surface area contributed by atoms with Crippen molar-refractivity contribution in [2.24, 2.45) is 17.8 Å². The number of hydrogen-bond acceptors (Lipinski definition) is 8. The number of rotatable bonds is 8. The van der Waals surface area contributed by atoms with Gasteiger partial charge in [-0.05, 0) is 38.2 Å². The summed E-state index contributed by atoms with van der Waals surface area (Å²) in [6.07, 6.45) is -2.19. The van der Waals surface area contributed by atoms with Gasteiger partial charge in [-0.3, -0.25) is 14.3 Å². The van der Waals surface area contributed by atoms with E-state index < -0.39 is 48.3 Å². The molecule has 2 amide bonds. The third kappa shape index (κ3) is 6.78. The number of aromatic nitrogens is 6. The lowest BCUT2D eigenvalue weighted by molar-refractivity contribution is -0.183. The first-order valence-electron chi connectivity index (χ1n) is 15.6. The molecule has 1 saturated carbocycles. The number of alkyl halides is 5. The third-order valence-electron chi connectivity index (χ3n) is 9.14. The summed E-state index contributed by atoms with van der Waals surface area (Å²) in [6.45, 7) is 3.54. The third-order valence-corrected chi connectivity index (χ3v) is 9.14. The van der Waals surface area contributed by atoms with Crippen LogP contribution in [0.1, 0.15) is 66.9 Å². The zero-order chi connectivity index (χ0) is 32.6. The summed E-state index contributed by atoms with van der Waals surface area (Å²) in [5.74, 6) is -6.15. The van der Waals surface area contributed by atoms with Crippen LogP contribution in [0.4, 0.5) is 27.8 Å². The highest BCUT2D eigenvalue weighted by atomic mass is 19.4. The molecule has 1 unspecified atom stereocenters. The van der Waals surface area contributed by atoms with Gasteiger partial charge in [-0.2, -0.15) is 28.4 Å².